The van der Waals surface area contributed by atoms with Crippen molar-refractivity contribution < 1.29 is 14.6 Å². The fourth-order valence-corrected chi connectivity index (χ4v) is 3.46. The molecule has 2 fully saturated rings. The Balaban J connectivity index is 1.61. The lowest BCUT2D eigenvalue weighted by molar-refractivity contribution is -0.0952. The van der Waals surface area contributed by atoms with E-state index in [-0.39, 0.29) is 17.4 Å². The Bertz CT molecular complexity index is 503. The number of piperidine rings is 1. The number of aliphatic hydroxyl groups is 1. The van der Waals surface area contributed by atoms with Crippen LogP contribution in [0.3, 0.4) is 0 Å². The molecule has 1 spiro atoms. The van der Waals surface area contributed by atoms with Crippen LogP contribution in [-0.2, 0) is 0 Å². The maximum Gasteiger partial charge on any atom is 0.253 e. The molecule has 1 atom stereocenters. The van der Waals surface area contributed by atoms with Gasteiger partial charge in [0.1, 0.15) is 5.75 Å². The maximum atomic E-state index is 12.5. The van der Waals surface area contributed by atoms with E-state index >= 15 is 0 Å². The number of hydrogen-bond donors (Lipinski definition) is 1. The van der Waals surface area contributed by atoms with Crippen molar-refractivity contribution in [3.8, 4) is 5.75 Å². The number of likely N-dealkylation sites (tertiary alicyclic amines) is 1. The first kappa shape index (κ1) is 14.4. The number of amides is 1. The average Bonchev–Trinajstić information content (AvgIpc) is 2.54. The molecule has 1 aromatic carbocycles. The Hall–Kier alpha value is -1.55. The minimum Gasteiger partial charge on any atom is -0.494 e. The van der Waals surface area contributed by atoms with Crippen molar-refractivity contribution in [1.29, 1.82) is 0 Å². The Morgan fingerprint density at radius 2 is 1.95 bits per heavy atom. The first-order chi connectivity index (χ1) is 10.1. The van der Waals surface area contributed by atoms with E-state index in [1.165, 1.54) is 0 Å². The topological polar surface area (TPSA) is 49.8 Å². The van der Waals surface area contributed by atoms with Crippen LogP contribution in [0.2, 0.25) is 0 Å². The van der Waals surface area contributed by atoms with Gasteiger partial charge < -0.3 is 14.7 Å². The fourth-order valence-electron chi connectivity index (χ4n) is 3.46. The van der Waals surface area contributed by atoms with Crippen LogP contribution < -0.4 is 4.74 Å². The molecule has 1 saturated carbocycles. The van der Waals surface area contributed by atoms with Crippen molar-refractivity contribution in [2.75, 3.05) is 19.7 Å². The molecule has 1 heterocycles. The monoisotopic (exact) mass is 289 g/mol. The van der Waals surface area contributed by atoms with Gasteiger partial charge in [-0.25, -0.2) is 0 Å². The quantitative estimate of drug-likeness (QED) is 0.930. The van der Waals surface area contributed by atoms with Crippen LogP contribution in [0.5, 0.6) is 5.75 Å². The summed E-state index contributed by atoms with van der Waals surface area (Å²) >= 11 is 0. The predicted molar refractivity (Wildman–Crippen MR) is 80.4 cm³/mol. The molecule has 1 aromatic rings. The largest absolute Gasteiger partial charge is 0.494 e. The van der Waals surface area contributed by atoms with Crippen LogP contribution in [0, 0.1) is 5.41 Å². The van der Waals surface area contributed by atoms with Gasteiger partial charge in [-0.15, -0.1) is 0 Å². The molecule has 21 heavy (non-hydrogen) atoms. The number of aliphatic hydroxyl groups excluding tert-OH is 1. The van der Waals surface area contributed by atoms with Gasteiger partial charge in [-0.1, -0.05) is 0 Å². The van der Waals surface area contributed by atoms with E-state index in [1.807, 2.05) is 36.1 Å². The third-order valence-electron chi connectivity index (χ3n) is 5.08. The summed E-state index contributed by atoms with van der Waals surface area (Å²) in [5.74, 6) is 0.881. The second-order valence-electron chi connectivity index (χ2n) is 6.17. The van der Waals surface area contributed by atoms with Crippen LogP contribution in [0.25, 0.3) is 0 Å². The van der Waals surface area contributed by atoms with Gasteiger partial charge >= 0.3 is 0 Å². The van der Waals surface area contributed by atoms with E-state index in [9.17, 15) is 9.90 Å². The summed E-state index contributed by atoms with van der Waals surface area (Å²) in [6.45, 7) is 4.08. The SMILES string of the molecule is CCOc1ccc(C(=O)N2CCC3(CCC3O)CC2)cc1. The number of rotatable bonds is 3. The van der Waals surface area contributed by atoms with E-state index in [2.05, 4.69) is 0 Å². The lowest BCUT2D eigenvalue weighted by atomic mass is 9.61. The minimum atomic E-state index is -0.153. The van der Waals surface area contributed by atoms with Crippen molar-refractivity contribution in [1.82, 2.24) is 4.90 Å². The van der Waals surface area contributed by atoms with Crippen molar-refractivity contribution in [2.45, 2.75) is 38.7 Å². The Morgan fingerprint density at radius 3 is 2.43 bits per heavy atom. The second kappa shape index (κ2) is 5.68. The molecule has 1 N–H and O–H groups in total. The molecule has 4 nitrogen and oxygen atoms in total. The molecule has 3 rings (SSSR count). The first-order valence-electron chi connectivity index (χ1n) is 7.85. The van der Waals surface area contributed by atoms with Crippen LogP contribution in [0.4, 0.5) is 0 Å². The molecule has 1 unspecified atom stereocenters. The van der Waals surface area contributed by atoms with Gasteiger partial charge in [0.25, 0.3) is 5.91 Å². The van der Waals surface area contributed by atoms with Crippen LogP contribution in [-0.4, -0.2) is 41.7 Å². The van der Waals surface area contributed by atoms with Gasteiger partial charge in [0.2, 0.25) is 0 Å². The summed E-state index contributed by atoms with van der Waals surface area (Å²) in [6, 6.07) is 7.35. The maximum absolute atomic E-state index is 12.5. The zero-order valence-electron chi connectivity index (χ0n) is 12.5. The Labute approximate surface area is 125 Å². The second-order valence-corrected chi connectivity index (χ2v) is 6.17. The zero-order valence-corrected chi connectivity index (χ0v) is 12.5. The molecular weight excluding hydrogens is 266 g/mol. The number of ether oxygens (including phenoxy) is 1. The summed E-state index contributed by atoms with van der Waals surface area (Å²) in [6.07, 6.45) is 3.74. The summed E-state index contributed by atoms with van der Waals surface area (Å²) < 4.78 is 5.39. The lowest BCUT2D eigenvalue weighted by Crippen LogP contribution is -2.53. The number of benzene rings is 1. The van der Waals surface area contributed by atoms with Crippen molar-refractivity contribution in [3.05, 3.63) is 29.8 Å². The summed E-state index contributed by atoms with van der Waals surface area (Å²) in [5, 5.41) is 9.93. The van der Waals surface area contributed by atoms with Crippen LogP contribution >= 0.6 is 0 Å². The molecule has 1 aliphatic heterocycles. The van der Waals surface area contributed by atoms with Gasteiger partial charge in [-0.05, 0) is 62.3 Å². The van der Waals surface area contributed by atoms with Crippen LogP contribution in [0.1, 0.15) is 43.0 Å². The molecule has 1 saturated heterocycles. The van der Waals surface area contributed by atoms with E-state index in [0.29, 0.717) is 12.2 Å². The van der Waals surface area contributed by atoms with Gasteiger partial charge in [0, 0.05) is 18.7 Å². The van der Waals surface area contributed by atoms with E-state index in [1.54, 1.807) is 0 Å². The van der Waals surface area contributed by atoms with E-state index in [4.69, 9.17) is 4.74 Å². The van der Waals surface area contributed by atoms with Crippen LogP contribution in [0.15, 0.2) is 24.3 Å². The standard InChI is InChI=1S/C17H23NO3/c1-2-21-14-5-3-13(4-6-14)16(20)18-11-9-17(10-12-18)8-7-15(17)19/h3-6,15,19H,2,7-12H2,1H3. The van der Waals surface area contributed by atoms with E-state index in [0.717, 1.165) is 44.5 Å². The highest BCUT2D eigenvalue weighted by atomic mass is 16.5. The smallest absolute Gasteiger partial charge is 0.253 e. The molecule has 2 aliphatic rings. The molecule has 1 aliphatic carbocycles. The molecule has 0 radical (unpaired) electrons. The highest BCUT2D eigenvalue weighted by Gasteiger charge is 2.47. The normalized spacial score (nSPS) is 23.7. The Kier molecular flexibility index (Phi) is 3.89. The third-order valence-corrected chi connectivity index (χ3v) is 5.08. The molecule has 0 aromatic heterocycles. The van der Waals surface area contributed by atoms with Gasteiger partial charge in [0.15, 0.2) is 0 Å². The predicted octanol–water partition coefficient (Wildman–Crippen LogP) is 2.46. The minimum absolute atomic E-state index is 0.0849. The zero-order chi connectivity index (χ0) is 14.9. The summed E-state index contributed by atoms with van der Waals surface area (Å²) in [7, 11) is 0. The number of nitrogens with zero attached hydrogens (tertiary/aromatic N) is 1. The Morgan fingerprint density at radius 1 is 1.29 bits per heavy atom. The lowest BCUT2D eigenvalue weighted by Gasteiger charge is -2.51. The van der Waals surface area contributed by atoms with Crippen molar-refractivity contribution in [3.63, 3.8) is 0 Å². The molecule has 114 valence electrons. The van der Waals surface area contributed by atoms with Gasteiger partial charge in [0.05, 0.1) is 12.7 Å². The highest BCUT2D eigenvalue weighted by molar-refractivity contribution is 5.94. The summed E-state index contributed by atoms with van der Waals surface area (Å²) in [5.41, 5.74) is 0.818. The molecule has 0 bridgehead atoms. The highest BCUT2D eigenvalue weighted by Crippen LogP contribution is 2.49. The number of hydrogen-bond acceptors (Lipinski definition) is 3. The fraction of sp³-hybridized carbons (Fsp3) is 0.588. The number of carbonyl (C=O) groups is 1. The van der Waals surface area contributed by atoms with Crippen molar-refractivity contribution >= 4 is 5.91 Å². The van der Waals surface area contributed by atoms with Gasteiger partial charge in [-0.3, -0.25) is 4.79 Å². The van der Waals surface area contributed by atoms with Crippen molar-refractivity contribution in [2.24, 2.45) is 5.41 Å². The van der Waals surface area contributed by atoms with Gasteiger partial charge in [-0.2, -0.15) is 0 Å². The number of carbonyl (C=O) groups excluding carboxylic acids is 1. The molecular formula is C17H23NO3. The summed E-state index contributed by atoms with van der Waals surface area (Å²) in [4.78, 5) is 14.4. The molecule has 4 heteroatoms. The third kappa shape index (κ3) is 2.64. The average molecular weight is 289 g/mol. The first-order valence-corrected chi connectivity index (χ1v) is 7.85. The molecule has 1 amide bonds. The van der Waals surface area contributed by atoms with E-state index < -0.39 is 0 Å².